The summed E-state index contributed by atoms with van der Waals surface area (Å²) in [5.74, 6) is -4.00. The molecular formula is C35H57N3O9. The predicted molar refractivity (Wildman–Crippen MR) is 176 cm³/mol. The average Bonchev–Trinajstić information content (AvgIpc) is 3.15. The molecule has 2 bridgehead atoms. The van der Waals surface area contributed by atoms with Crippen molar-refractivity contribution in [3.8, 4) is 0 Å². The maximum absolute atomic E-state index is 14.4. The Balaban J connectivity index is 1.84. The largest absolute Gasteiger partial charge is 0.457 e. The van der Waals surface area contributed by atoms with E-state index in [1.54, 1.807) is 18.9 Å². The molecule has 2 unspecified atom stereocenters. The van der Waals surface area contributed by atoms with Crippen LogP contribution in [0.3, 0.4) is 0 Å². The van der Waals surface area contributed by atoms with Crippen molar-refractivity contribution in [2.75, 3.05) is 34.3 Å². The van der Waals surface area contributed by atoms with Crippen LogP contribution in [0.25, 0.3) is 0 Å². The molecule has 0 aromatic carbocycles. The summed E-state index contributed by atoms with van der Waals surface area (Å²) in [4.78, 5) is 50.4. The zero-order valence-electron chi connectivity index (χ0n) is 29.9. The minimum atomic E-state index is -1.18. The maximum Gasteiger partial charge on any atom is 0.410 e. The summed E-state index contributed by atoms with van der Waals surface area (Å²) in [7, 11) is 5.44. The SMILES string of the molecule is C=CCC1C(=O)O[C@@H](CC)[C@@]2(C)OC(=O)N3CCN=C([C@@H](C)C32)[C@H](C)[C@H](OC)[C@@H](C)[C@@H](O[C@@H]2O[C@H](C)C[C@H](N(C)C)[C@H]2O)[C@@H](C)C1=O. The summed E-state index contributed by atoms with van der Waals surface area (Å²) in [6.07, 6.45) is -2.19. The van der Waals surface area contributed by atoms with Crippen LogP contribution >= 0.6 is 0 Å². The van der Waals surface area contributed by atoms with Gasteiger partial charge in [0.1, 0.15) is 18.1 Å². The summed E-state index contributed by atoms with van der Waals surface area (Å²) >= 11 is 0. The molecule has 0 radical (unpaired) electrons. The first kappa shape index (κ1) is 37.4. The van der Waals surface area contributed by atoms with Gasteiger partial charge in [0.05, 0.1) is 30.9 Å². The third-order valence-corrected chi connectivity index (χ3v) is 11.1. The van der Waals surface area contributed by atoms with Gasteiger partial charge in [-0.15, -0.1) is 6.58 Å². The highest BCUT2D eigenvalue weighted by molar-refractivity contribution is 6.00. The Morgan fingerprint density at radius 1 is 1.11 bits per heavy atom. The van der Waals surface area contributed by atoms with Crippen molar-refractivity contribution in [1.82, 2.24) is 9.80 Å². The fourth-order valence-corrected chi connectivity index (χ4v) is 8.67. The number of aliphatic imine (C=N–C) groups is 1. The molecule has 4 aliphatic heterocycles. The van der Waals surface area contributed by atoms with Crippen LogP contribution in [-0.4, -0.2) is 127 Å². The summed E-state index contributed by atoms with van der Waals surface area (Å²) in [5.41, 5.74) is -0.325. The molecule has 0 spiro atoms. The Bertz CT molecular complexity index is 1190. The van der Waals surface area contributed by atoms with Crippen molar-refractivity contribution >= 4 is 23.6 Å². The molecular weight excluding hydrogens is 606 g/mol. The fourth-order valence-electron chi connectivity index (χ4n) is 8.67. The molecule has 4 aliphatic rings. The van der Waals surface area contributed by atoms with Crippen LogP contribution < -0.4 is 0 Å². The molecule has 266 valence electrons. The van der Waals surface area contributed by atoms with Gasteiger partial charge in [0, 0.05) is 49.1 Å². The first-order valence-electron chi connectivity index (χ1n) is 17.2. The molecule has 0 aromatic rings. The van der Waals surface area contributed by atoms with Gasteiger partial charge < -0.3 is 33.7 Å². The standard InChI is InChI=1S/C35H57N3O9/c1-12-14-23-27(39)21(6)30(46-33-28(40)24(37(9)10)17-18(3)44-33)22(7)29(43-11)19(4)26-20(5)31-35(8,25(13-2)45-32(23)41)47-34(42)38(31)16-15-36-26/h12,18-25,28-31,33,40H,1,13-17H2,2-11H3/t18-,19+,20-,21+,22-,23?,24+,25+,28-,29+,30+,31?,33+,35-/m1/s1. The van der Waals surface area contributed by atoms with E-state index in [1.165, 1.54) is 6.08 Å². The minimum Gasteiger partial charge on any atom is -0.457 e. The second-order valence-corrected chi connectivity index (χ2v) is 14.4. The van der Waals surface area contributed by atoms with Gasteiger partial charge in [0.2, 0.25) is 0 Å². The number of nitrogens with zero attached hydrogens (tertiary/aromatic N) is 3. The number of rotatable bonds is 7. The molecule has 1 amide bonds. The average molecular weight is 664 g/mol. The Labute approximate surface area is 280 Å². The van der Waals surface area contributed by atoms with Gasteiger partial charge in [0.25, 0.3) is 0 Å². The van der Waals surface area contributed by atoms with Crippen molar-refractivity contribution in [3.05, 3.63) is 12.7 Å². The second kappa shape index (κ2) is 15.0. The number of hydrogen-bond acceptors (Lipinski definition) is 11. The van der Waals surface area contributed by atoms with Crippen LogP contribution in [0.2, 0.25) is 0 Å². The third kappa shape index (κ3) is 7.04. The number of ketones is 1. The van der Waals surface area contributed by atoms with Crippen LogP contribution in [0.15, 0.2) is 17.6 Å². The maximum atomic E-state index is 14.4. The Morgan fingerprint density at radius 2 is 1.79 bits per heavy atom. The number of amides is 1. The molecule has 3 fully saturated rings. The number of carbonyl (C=O) groups is 3. The van der Waals surface area contributed by atoms with Crippen molar-refractivity contribution < 1.29 is 43.2 Å². The Kier molecular flexibility index (Phi) is 12.0. The van der Waals surface area contributed by atoms with E-state index in [4.69, 9.17) is 28.7 Å². The molecule has 1 N–H and O–H groups in total. The van der Waals surface area contributed by atoms with Crippen LogP contribution in [0, 0.1) is 29.6 Å². The van der Waals surface area contributed by atoms with Gasteiger partial charge in [-0.05, 0) is 47.2 Å². The molecule has 14 atom stereocenters. The number of carbonyl (C=O) groups excluding carboxylic acids is 3. The smallest absolute Gasteiger partial charge is 0.410 e. The van der Waals surface area contributed by atoms with Gasteiger partial charge >= 0.3 is 12.1 Å². The van der Waals surface area contributed by atoms with Crippen LogP contribution in [0.5, 0.6) is 0 Å². The molecule has 12 heteroatoms. The van der Waals surface area contributed by atoms with E-state index in [0.717, 1.165) is 5.71 Å². The molecule has 4 heterocycles. The normalized spacial score (nSPS) is 43.5. The van der Waals surface area contributed by atoms with Gasteiger partial charge in [-0.2, -0.15) is 0 Å². The van der Waals surface area contributed by atoms with E-state index in [0.29, 0.717) is 25.9 Å². The van der Waals surface area contributed by atoms with E-state index >= 15 is 0 Å². The number of likely N-dealkylation sites (N-methyl/N-ethyl adjacent to an activating group) is 1. The number of cyclic esters (lactones) is 1. The summed E-state index contributed by atoms with van der Waals surface area (Å²) < 4.78 is 31.3. The van der Waals surface area contributed by atoms with E-state index in [1.807, 2.05) is 60.5 Å². The van der Waals surface area contributed by atoms with Crippen molar-refractivity contribution in [1.29, 1.82) is 0 Å². The number of allylic oxidation sites excluding steroid dienone is 1. The number of aliphatic hydroxyl groups is 1. The molecule has 12 nitrogen and oxygen atoms in total. The van der Waals surface area contributed by atoms with Crippen LogP contribution in [0.1, 0.15) is 67.7 Å². The van der Waals surface area contributed by atoms with E-state index < -0.39 is 72.2 Å². The van der Waals surface area contributed by atoms with Gasteiger partial charge in [0.15, 0.2) is 17.7 Å². The Morgan fingerprint density at radius 3 is 2.38 bits per heavy atom. The van der Waals surface area contributed by atoms with Gasteiger partial charge in [-0.3, -0.25) is 19.5 Å². The first-order chi connectivity index (χ1) is 22.1. The highest BCUT2D eigenvalue weighted by atomic mass is 16.7. The molecule has 0 saturated carbocycles. The zero-order chi connectivity index (χ0) is 35.0. The number of methoxy groups -OCH3 is 1. The quantitative estimate of drug-likeness (QED) is 0.245. The fraction of sp³-hybridized carbons (Fsp3) is 0.829. The molecule has 0 aliphatic carbocycles. The predicted octanol–water partition coefficient (Wildman–Crippen LogP) is 3.49. The number of Topliss-reactive ketones (excluding diaryl/α,β-unsaturated/α-hetero) is 1. The lowest BCUT2D eigenvalue weighted by Gasteiger charge is -2.45. The van der Waals surface area contributed by atoms with Crippen molar-refractivity contribution in [3.63, 3.8) is 0 Å². The summed E-state index contributed by atoms with van der Waals surface area (Å²) in [6, 6.07) is -0.688. The van der Waals surface area contributed by atoms with E-state index in [-0.39, 0.29) is 36.2 Å². The number of ether oxygens (including phenoxy) is 5. The molecule has 3 saturated heterocycles. The number of fused-ring (bicyclic) bond motifs is 1. The van der Waals surface area contributed by atoms with Crippen LogP contribution in [0.4, 0.5) is 4.79 Å². The second-order valence-electron chi connectivity index (χ2n) is 14.4. The van der Waals surface area contributed by atoms with E-state index in [2.05, 4.69) is 6.58 Å². The lowest BCUT2D eigenvalue weighted by atomic mass is 9.73. The highest BCUT2D eigenvalue weighted by Crippen LogP contribution is 2.43. The third-order valence-electron chi connectivity index (χ3n) is 11.1. The molecule has 4 rings (SSSR count). The highest BCUT2D eigenvalue weighted by Gasteiger charge is 2.60. The Hall–Kier alpha value is -2.38. The van der Waals surface area contributed by atoms with E-state index in [9.17, 15) is 19.5 Å². The molecule has 47 heavy (non-hydrogen) atoms. The van der Waals surface area contributed by atoms with Gasteiger partial charge in [-0.1, -0.05) is 40.7 Å². The lowest BCUT2D eigenvalue weighted by molar-refractivity contribution is -0.281. The summed E-state index contributed by atoms with van der Waals surface area (Å²) in [5, 5.41) is 11.4. The summed E-state index contributed by atoms with van der Waals surface area (Å²) in [6.45, 7) is 18.0. The van der Waals surface area contributed by atoms with Gasteiger partial charge in [-0.25, -0.2) is 4.79 Å². The first-order valence-corrected chi connectivity index (χ1v) is 17.2. The molecule has 0 aromatic heterocycles. The lowest BCUT2D eigenvalue weighted by Crippen LogP contribution is -2.59. The number of hydrogen-bond donors (Lipinski definition) is 1. The number of aliphatic hydroxyl groups excluding tert-OH is 1. The monoisotopic (exact) mass is 663 g/mol. The topological polar surface area (TPSA) is 136 Å². The number of esters is 1. The van der Waals surface area contributed by atoms with Crippen LogP contribution in [-0.2, 0) is 33.3 Å². The van der Waals surface area contributed by atoms with Crippen molar-refractivity contribution in [2.45, 2.75) is 122 Å². The minimum absolute atomic E-state index is 0.0607. The zero-order valence-corrected chi connectivity index (χ0v) is 29.9. The van der Waals surface area contributed by atoms with Crippen molar-refractivity contribution in [2.24, 2.45) is 34.6 Å².